The lowest BCUT2D eigenvalue weighted by Crippen LogP contribution is -2.45. The normalized spacial score (nSPS) is 19.7. The molecule has 6 nitrogen and oxygen atoms in total. The summed E-state index contributed by atoms with van der Waals surface area (Å²) >= 11 is 0. The van der Waals surface area contributed by atoms with Gasteiger partial charge in [0, 0.05) is 37.8 Å². The zero-order valence-corrected chi connectivity index (χ0v) is 16.5. The van der Waals surface area contributed by atoms with Crippen molar-refractivity contribution in [1.29, 1.82) is 0 Å². The van der Waals surface area contributed by atoms with Crippen LogP contribution in [0.2, 0.25) is 0 Å². The molecule has 2 aromatic rings. The molecule has 0 saturated carbocycles. The Balaban J connectivity index is 0.00000243. The van der Waals surface area contributed by atoms with E-state index in [0.29, 0.717) is 6.54 Å². The molecule has 1 aliphatic rings. The van der Waals surface area contributed by atoms with E-state index in [1.807, 2.05) is 57.6 Å². The number of methoxy groups -OCH3 is 1. The van der Waals surface area contributed by atoms with Gasteiger partial charge >= 0.3 is 0 Å². The fourth-order valence-corrected chi connectivity index (χ4v) is 3.57. The third-order valence-electron chi connectivity index (χ3n) is 4.92. The molecule has 2 N–H and O–H groups in total. The van der Waals surface area contributed by atoms with Crippen LogP contribution in [0.5, 0.6) is 5.75 Å². The van der Waals surface area contributed by atoms with Gasteiger partial charge in [0.15, 0.2) is 0 Å². The maximum atomic E-state index is 13.0. The second kappa shape index (κ2) is 8.10. The van der Waals surface area contributed by atoms with E-state index in [0.717, 1.165) is 23.4 Å². The lowest BCUT2D eigenvalue weighted by molar-refractivity contribution is -0.126. The van der Waals surface area contributed by atoms with Crippen molar-refractivity contribution in [3.05, 3.63) is 47.8 Å². The third kappa shape index (κ3) is 4.02. The molecule has 0 spiro atoms. The zero-order chi connectivity index (χ0) is 18.0. The van der Waals surface area contributed by atoms with Crippen molar-refractivity contribution in [2.24, 2.45) is 13.0 Å². The lowest BCUT2D eigenvalue weighted by Gasteiger charge is -2.30. The Kier molecular flexibility index (Phi) is 6.31. The van der Waals surface area contributed by atoms with Crippen molar-refractivity contribution in [3.63, 3.8) is 0 Å². The van der Waals surface area contributed by atoms with Crippen LogP contribution >= 0.6 is 12.4 Å². The first kappa shape index (κ1) is 20.3. The van der Waals surface area contributed by atoms with Gasteiger partial charge in [-0.3, -0.25) is 9.48 Å². The molecular formula is C19H27ClN4O2. The fraction of sp³-hybridized carbons (Fsp3) is 0.474. The summed E-state index contributed by atoms with van der Waals surface area (Å²) < 4.78 is 7.24. The number of nitrogens with one attached hydrogen (secondary N) is 2. The van der Waals surface area contributed by atoms with Crippen molar-refractivity contribution < 1.29 is 9.53 Å². The molecular weight excluding hydrogens is 352 g/mol. The molecule has 2 atom stereocenters. The maximum Gasteiger partial charge on any atom is 0.225 e. The molecule has 7 heteroatoms. The summed E-state index contributed by atoms with van der Waals surface area (Å²) in [4.78, 5) is 13.0. The van der Waals surface area contributed by atoms with Gasteiger partial charge in [0.25, 0.3) is 0 Å². The van der Waals surface area contributed by atoms with Gasteiger partial charge in [-0.15, -0.1) is 12.4 Å². The number of hydrogen-bond acceptors (Lipinski definition) is 4. The molecule has 0 unspecified atom stereocenters. The third-order valence-corrected chi connectivity index (χ3v) is 4.92. The molecule has 0 bridgehead atoms. The van der Waals surface area contributed by atoms with E-state index >= 15 is 0 Å². The van der Waals surface area contributed by atoms with E-state index < -0.39 is 5.54 Å². The topological polar surface area (TPSA) is 68.2 Å². The first-order valence-corrected chi connectivity index (χ1v) is 8.57. The first-order valence-electron chi connectivity index (χ1n) is 8.57. The molecule has 26 heavy (non-hydrogen) atoms. The predicted molar refractivity (Wildman–Crippen MR) is 104 cm³/mol. The first-order chi connectivity index (χ1) is 11.9. The Hall–Kier alpha value is -2.05. The number of ether oxygens (including phenoxy) is 1. The predicted octanol–water partition coefficient (Wildman–Crippen LogP) is 2.21. The van der Waals surface area contributed by atoms with Crippen molar-refractivity contribution in [3.8, 4) is 5.75 Å². The van der Waals surface area contributed by atoms with Gasteiger partial charge in [0.05, 0.1) is 24.8 Å². The molecule has 142 valence electrons. The quantitative estimate of drug-likeness (QED) is 0.837. The van der Waals surface area contributed by atoms with Gasteiger partial charge < -0.3 is 15.4 Å². The summed E-state index contributed by atoms with van der Waals surface area (Å²) in [5, 5.41) is 10.8. The largest absolute Gasteiger partial charge is 0.496 e. The minimum absolute atomic E-state index is 0. The van der Waals surface area contributed by atoms with Gasteiger partial charge in [-0.05, 0) is 25.5 Å². The van der Waals surface area contributed by atoms with Crippen LogP contribution in [0.15, 0.2) is 36.7 Å². The Morgan fingerprint density at radius 1 is 1.35 bits per heavy atom. The molecule has 1 fully saturated rings. The molecule has 1 amide bonds. The highest BCUT2D eigenvalue weighted by Gasteiger charge is 2.37. The summed E-state index contributed by atoms with van der Waals surface area (Å²) in [5.74, 6) is 0.858. The monoisotopic (exact) mass is 378 g/mol. The van der Waals surface area contributed by atoms with Gasteiger partial charge in [-0.25, -0.2) is 0 Å². The van der Waals surface area contributed by atoms with Crippen LogP contribution in [0.4, 0.5) is 0 Å². The highest BCUT2D eigenvalue weighted by Crippen LogP contribution is 2.32. The van der Waals surface area contributed by atoms with Crippen LogP contribution < -0.4 is 15.4 Å². The molecule has 0 radical (unpaired) electrons. The van der Waals surface area contributed by atoms with Crippen molar-refractivity contribution in [2.75, 3.05) is 20.2 Å². The van der Waals surface area contributed by atoms with Gasteiger partial charge in [0.1, 0.15) is 5.75 Å². The van der Waals surface area contributed by atoms with Crippen LogP contribution in [0.3, 0.4) is 0 Å². The molecule has 3 rings (SSSR count). The zero-order valence-electron chi connectivity index (χ0n) is 15.7. The number of amides is 1. The number of carbonyl (C=O) groups is 1. The second-order valence-electron chi connectivity index (χ2n) is 7.13. The number of para-hydroxylation sites is 1. The standard InChI is InChI=1S/C19H26N4O2.ClH/c1-19(2,16-7-5-6-8-17(16)25-4)22-18(24)15-11-20-10-14(15)13-9-21-23(3)12-13;/h5-9,12,14-15,20H,10-11H2,1-4H3,(H,22,24);1H/t14-,15+;/m1./s1. The SMILES string of the molecule is COc1ccccc1C(C)(C)NC(=O)[C@H]1CNC[C@@H]1c1cnn(C)c1.Cl. The lowest BCUT2D eigenvalue weighted by atomic mass is 9.87. The minimum atomic E-state index is -0.522. The van der Waals surface area contributed by atoms with E-state index in [1.165, 1.54) is 0 Å². The highest BCUT2D eigenvalue weighted by molar-refractivity contribution is 5.85. The Labute approximate surface area is 160 Å². The number of aryl methyl sites for hydroxylation is 1. The summed E-state index contributed by atoms with van der Waals surface area (Å²) in [6.45, 7) is 5.47. The van der Waals surface area contributed by atoms with Crippen LogP contribution in [0.25, 0.3) is 0 Å². The maximum absolute atomic E-state index is 13.0. The van der Waals surface area contributed by atoms with Crippen molar-refractivity contribution in [1.82, 2.24) is 20.4 Å². The van der Waals surface area contributed by atoms with Crippen molar-refractivity contribution in [2.45, 2.75) is 25.3 Å². The average Bonchev–Trinajstić information content (AvgIpc) is 3.23. The van der Waals surface area contributed by atoms with E-state index in [4.69, 9.17) is 4.74 Å². The molecule has 0 aliphatic carbocycles. The molecule has 2 heterocycles. The number of hydrogen-bond donors (Lipinski definition) is 2. The van der Waals surface area contributed by atoms with E-state index in [2.05, 4.69) is 15.7 Å². The van der Waals surface area contributed by atoms with Crippen LogP contribution in [-0.2, 0) is 17.4 Å². The summed E-state index contributed by atoms with van der Waals surface area (Å²) in [5.41, 5.74) is 1.55. The van der Waals surface area contributed by atoms with Crippen LogP contribution in [0, 0.1) is 5.92 Å². The highest BCUT2D eigenvalue weighted by atomic mass is 35.5. The van der Waals surface area contributed by atoms with Gasteiger partial charge in [-0.1, -0.05) is 18.2 Å². The number of rotatable bonds is 5. The van der Waals surface area contributed by atoms with E-state index in [9.17, 15) is 4.79 Å². The Morgan fingerprint density at radius 2 is 2.08 bits per heavy atom. The number of halogens is 1. The van der Waals surface area contributed by atoms with E-state index in [1.54, 1.807) is 11.8 Å². The fourth-order valence-electron chi connectivity index (χ4n) is 3.57. The van der Waals surface area contributed by atoms with Crippen LogP contribution in [0.1, 0.15) is 30.9 Å². The molecule has 1 aliphatic heterocycles. The average molecular weight is 379 g/mol. The van der Waals surface area contributed by atoms with Gasteiger partial charge in [0.2, 0.25) is 5.91 Å². The Morgan fingerprint density at radius 3 is 2.73 bits per heavy atom. The number of aromatic nitrogens is 2. The van der Waals surface area contributed by atoms with Crippen molar-refractivity contribution >= 4 is 18.3 Å². The summed E-state index contributed by atoms with van der Waals surface area (Å²) in [7, 11) is 3.54. The number of benzene rings is 1. The minimum Gasteiger partial charge on any atom is -0.496 e. The molecule has 1 aromatic heterocycles. The summed E-state index contributed by atoms with van der Waals surface area (Å²) in [6.07, 6.45) is 3.84. The molecule has 1 aromatic carbocycles. The smallest absolute Gasteiger partial charge is 0.225 e. The second-order valence-corrected chi connectivity index (χ2v) is 7.13. The molecule has 1 saturated heterocycles. The number of carbonyl (C=O) groups excluding carboxylic acids is 1. The summed E-state index contributed by atoms with van der Waals surface area (Å²) in [6, 6.07) is 7.80. The van der Waals surface area contributed by atoms with Crippen LogP contribution in [-0.4, -0.2) is 35.9 Å². The number of nitrogens with zero attached hydrogens (tertiary/aromatic N) is 2. The van der Waals surface area contributed by atoms with E-state index in [-0.39, 0.29) is 30.2 Å². The van der Waals surface area contributed by atoms with Gasteiger partial charge in [-0.2, -0.15) is 5.10 Å². The Bertz CT molecular complexity index is 760.